The number of anilines is 1. The van der Waals surface area contributed by atoms with Crippen LogP contribution in [0.5, 0.6) is 5.75 Å². The molecular weight excluding hydrogens is 316 g/mol. The molecule has 0 aliphatic rings. The van der Waals surface area contributed by atoms with E-state index in [1.165, 1.54) is 11.1 Å². The Bertz CT molecular complexity index is 650. The van der Waals surface area contributed by atoms with Crippen LogP contribution < -0.4 is 15.4 Å². The summed E-state index contributed by atoms with van der Waals surface area (Å²) in [7, 11) is 1.68. The molecule has 128 valence electrons. The molecule has 2 rings (SSSR count). The second-order valence-corrected chi connectivity index (χ2v) is 6.55. The van der Waals surface area contributed by atoms with E-state index in [1.54, 1.807) is 7.11 Å². The van der Waals surface area contributed by atoms with Crippen LogP contribution in [0.3, 0.4) is 0 Å². The van der Waals surface area contributed by atoms with E-state index in [1.807, 2.05) is 12.1 Å². The lowest BCUT2D eigenvalue weighted by molar-refractivity contribution is 0.413. The summed E-state index contributed by atoms with van der Waals surface area (Å²) in [6, 6.07) is 16.6. The fourth-order valence-electron chi connectivity index (χ4n) is 2.58. The van der Waals surface area contributed by atoms with E-state index in [-0.39, 0.29) is 6.04 Å². The summed E-state index contributed by atoms with van der Waals surface area (Å²) in [4.78, 5) is 0. The highest BCUT2D eigenvalue weighted by Crippen LogP contribution is 2.24. The van der Waals surface area contributed by atoms with Gasteiger partial charge >= 0.3 is 0 Å². The number of ether oxygens (including phenoxy) is 1. The standard InChI is InChI=1S/C20H26N2OS/c1-5-15-6-10-17(11-7-15)21-20(24)22-19(14(2)3)16-8-12-18(23-4)13-9-16/h6-14,19H,5H2,1-4H3,(H2,21,22,24)/t19-/m0/s1. The van der Waals surface area contributed by atoms with Crippen LogP contribution >= 0.6 is 12.2 Å². The van der Waals surface area contributed by atoms with Crippen molar-refractivity contribution in [3.05, 3.63) is 59.7 Å². The van der Waals surface area contributed by atoms with Gasteiger partial charge in [0, 0.05) is 5.69 Å². The smallest absolute Gasteiger partial charge is 0.171 e. The van der Waals surface area contributed by atoms with Crippen molar-refractivity contribution in [1.82, 2.24) is 5.32 Å². The van der Waals surface area contributed by atoms with Crippen molar-refractivity contribution in [3.8, 4) is 5.75 Å². The molecule has 0 fully saturated rings. The van der Waals surface area contributed by atoms with E-state index in [2.05, 4.69) is 67.8 Å². The van der Waals surface area contributed by atoms with Crippen LogP contribution in [0.25, 0.3) is 0 Å². The Balaban J connectivity index is 2.04. The van der Waals surface area contributed by atoms with E-state index in [0.717, 1.165) is 17.9 Å². The van der Waals surface area contributed by atoms with Gasteiger partial charge in [-0.3, -0.25) is 0 Å². The summed E-state index contributed by atoms with van der Waals surface area (Å²) in [6.45, 7) is 6.51. The molecule has 0 aliphatic heterocycles. The average Bonchev–Trinajstić information content (AvgIpc) is 2.60. The molecule has 24 heavy (non-hydrogen) atoms. The molecule has 0 bridgehead atoms. The molecule has 2 aromatic carbocycles. The molecule has 0 radical (unpaired) electrons. The second-order valence-electron chi connectivity index (χ2n) is 6.14. The molecule has 0 heterocycles. The molecule has 2 aromatic rings. The van der Waals surface area contributed by atoms with Crippen LogP contribution in [0.2, 0.25) is 0 Å². The first-order valence-corrected chi connectivity index (χ1v) is 8.74. The van der Waals surface area contributed by atoms with Gasteiger partial charge in [-0.25, -0.2) is 0 Å². The van der Waals surface area contributed by atoms with Crippen molar-refractivity contribution in [3.63, 3.8) is 0 Å². The zero-order chi connectivity index (χ0) is 17.5. The molecule has 0 unspecified atom stereocenters. The molecule has 2 N–H and O–H groups in total. The third kappa shape index (κ3) is 4.96. The summed E-state index contributed by atoms with van der Waals surface area (Å²) in [6.07, 6.45) is 1.04. The van der Waals surface area contributed by atoms with E-state index in [9.17, 15) is 0 Å². The fourth-order valence-corrected chi connectivity index (χ4v) is 2.82. The van der Waals surface area contributed by atoms with E-state index in [0.29, 0.717) is 11.0 Å². The van der Waals surface area contributed by atoms with Crippen LogP contribution in [0.15, 0.2) is 48.5 Å². The lowest BCUT2D eigenvalue weighted by Gasteiger charge is -2.25. The fraction of sp³-hybridized carbons (Fsp3) is 0.350. The third-order valence-electron chi connectivity index (χ3n) is 4.05. The van der Waals surface area contributed by atoms with Crippen molar-refractivity contribution in [1.29, 1.82) is 0 Å². The second kappa shape index (κ2) is 8.69. The van der Waals surface area contributed by atoms with Crippen molar-refractivity contribution in [2.24, 2.45) is 5.92 Å². The molecule has 3 nitrogen and oxygen atoms in total. The Kier molecular flexibility index (Phi) is 6.62. The first kappa shape index (κ1) is 18.3. The van der Waals surface area contributed by atoms with E-state index in [4.69, 9.17) is 17.0 Å². The van der Waals surface area contributed by atoms with Gasteiger partial charge in [-0.2, -0.15) is 0 Å². The highest BCUT2D eigenvalue weighted by Gasteiger charge is 2.17. The van der Waals surface area contributed by atoms with Crippen molar-refractivity contribution in [2.45, 2.75) is 33.2 Å². The van der Waals surface area contributed by atoms with Crippen LogP contribution in [0.4, 0.5) is 5.69 Å². The molecule has 0 amide bonds. The summed E-state index contributed by atoms with van der Waals surface area (Å²) in [5.74, 6) is 1.26. The molecule has 0 aromatic heterocycles. The Hall–Kier alpha value is -2.07. The Morgan fingerprint density at radius 2 is 1.67 bits per heavy atom. The Morgan fingerprint density at radius 3 is 2.17 bits per heavy atom. The van der Waals surface area contributed by atoms with Gasteiger partial charge in [0.1, 0.15) is 5.75 Å². The number of benzene rings is 2. The molecule has 0 spiro atoms. The zero-order valence-electron chi connectivity index (χ0n) is 14.8. The van der Waals surface area contributed by atoms with E-state index >= 15 is 0 Å². The predicted octanol–water partition coefficient (Wildman–Crippen LogP) is 4.94. The van der Waals surface area contributed by atoms with Gasteiger partial charge in [-0.05, 0) is 59.9 Å². The minimum Gasteiger partial charge on any atom is -0.497 e. The quantitative estimate of drug-likeness (QED) is 0.728. The Labute approximate surface area is 150 Å². The van der Waals surface area contributed by atoms with Gasteiger partial charge in [0.15, 0.2) is 5.11 Å². The van der Waals surface area contributed by atoms with Crippen molar-refractivity contribution < 1.29 is 4.74 Å². The number of thiocarbonyl (C=S) groups is 1. The van der Waals surface area contributed by atoms with Crippen LogP contribution in [0.1, 0.15) is 37.9 Å². The number of hydrogen-bond donors (Lipinski definition) is 2. The van der Waals surface area contributed by atoms with Crippen molar-refractivity contribution in [2.75, 3.05) is 12.4 Å². The maximum absolute atomic E-state index is 5.49. The topological polar surface area (TPSA) is 33.3 Å². The van der Waals surface area contributed by atoms with Gasteiger partial charge in [-0.15, -0.1) is 0 Å². The van der Waals surface area contributed by atoms with Gasteiger partial charge < -0.3 is 15.4 Å². The molecular formula is C20H26N2OS. The lowest BCUT2D eigenvalue weighted by atomic mass is 9.96. The van der Waals surface area contributed by atoms with Gasteiger partial charge in [0.05, 0.1) is 13.2 Å². The van der Waals surface area contributed by atoms with Crippen LogP contribution in [-0.2, 0) is 6.42 Å². The predicted molar refractivity (Wildman–Crippen MR) is 106 cm³/mol. The largest absolute Gasteiger partial charge is 0.497 e. The minimum absolute atomic E-state index is 0.144. The highest BCUT2D eigenvalue weighted by atomic mass is 32.1. The Morgan fingerprint density at radius 1 is 1.04 bits per heavy atom. The summed E-state index contributed by atoms with van der Waals surface area (Å²) in [5.41, 5.74) is 3.51. The van der Waals surface area contributed by atoms with Crippen LogP contribution in [-0.4, -0.2) is 12.2 Å². The van der Waals surface area contributed by atoms with E-state index < -0.39 is 0 Å². The molecule has 1 atom stereocenters. The summed E-state index contributed by atoms with van der Waals surface area (Å²) in [5, 5.41) is 7.33. The molecule has 0 saturated carbocycles. The van der Waals surface area contributed by atoms with Gasteiger partial charge in [0.2, 0.25) is 0 Å². The maximum Gasteiger partial charge on any atom is 0.171 e. The van der Waals surface area contributed by atoms with Gasteiger partial charge in [0.25, 0.3) is 0 Å². The number of rotatable bonds is 6. The number of hydrogen-bond acceptors (Lipinski definition) is 2. The number of aryl methyl sites for hydroxylation is 1. The number of methoxy groups -OCH3 is 1. The molecule has 4 heteroatoms. The highest BCUT2D eigenvalue weighted by molar-refractivity contribution is 7.80. The number of nitrogens with one attached hydrogen (secondary N) is 2. The first-order valence-electron chi connectivity index (χ1n) is 8.34. The molecule has 0 saturated heterocycles. The monoisotopic (exact) mass is 342 g/mol. The average molecular weight is 343 g/mol. The SMILES string of the molecule is CCc1ccc(NC(=S)N[C@H](c2ccc(OC)cc2)C(C)C)cc1. The third-order valence-corrected chi connectivity index (χ3v) is 4.27. The maximum atomic E-state index is 5.49. The summed E-state index contributed by atoms with van der Waals surface area (Å²) < 4.78 is 5.23. The summed E-state index contributed by atoms with van der Waals surface area (Å²) >= 11 is 5.49. The first-order chi connectivity index (χ1) is 11.5. The van der Waals surface area contributed by atoms with Crippen molar-refractivity contribution >= 4 is 23.0 Å². The lowest BCUT2D eigenvalue weighted by Crippen LogP contribution is -2.34. The molecule has 0 aliphatic carbocycles. The van der Waals surface area contributed by atoms with Gasteiger partial charge in [-0.1, -0.05) is 45.0 Å². The van der Waals surface area contributed by atoms with Crippen LogP contribution in [0, 0.1) is 5.92 Å². The minimum atomic E-state index is 0.144. The zero-order valence-corrected chi connectivity index (χ0v) is 15.6. The normalized spacial score (nSPS) is 11.9.